The Kier molecular flexibility index (Phi) is 7.50. The first-order valence-electron chi connectivity index (χ1n) is 11.4. The Hall–Kier alpha value is -2.95. The summed E-state index contributed by atoms with van der Waals surface area (Å²) in [5, 5.41) is 0. The molecule has 2 aromatic rings. The minimum atomic E-state index is -3.76. The molecule has 0 radical (unpaired) electrons. The SMILES string of the molecule is Cc1ccccc1NS(=O)(=O)c1ccc(C(=O)N2CCN(C(=O)CN3CCOCC3)CC2)cc1. The molecule has 0 aromatic heterocycles. The van der Waals surface area contributed by atoms with Crippen LogP contribution in [0.2, 0.25) is 0 Å². The van der Waals surface area contributed by atoms with Crippen molar-refractivity contribution >= 4 is 27.5 Å². The van der Waals surface area contributed by atoms with Crippen LogP contribution in [-0.4, -0.2) is 94.0 Å². The van der Waals surface area contributed by atoms with Gasteiger partial charge < -0.3 is 14.5 Å². The highest BCUT2D eigenvalue weighted by Crippen LogP contribution is 2.20. The number of amides is 2. The normalized spacial score (nSPS) is 17.4. The van der Waals surface area contributed by atoms with Crippen molar-refractivity contribution in [1.29, 1.82) is 0 Å². The molecule has 4 rings (SSSR count). The number of carbonyl (C=O) groups is 2. The van der Waals surface area contributed by atoms with Crippen LogP contribution < -0.4 is 4.72 Å². The van der Waals surface area contributed by atoms with Gasteiger partial charge >= 0.3 is 0 Å². The number of ether oxygens (including phenoxy) is 1. The third kappa shape index (κ3) is 5.75. The molecule has 2 saturated heterocycles. The Morgan fingerprint density at radius 3 is 2.15 bits per heavy atom. The number of aryl methyl sites for hydroxylation is 1. The molecule has 2 fully saturated rings. The van der Waals surface area contributed by atoms with Crippen molar-refractivity contribution in [3.8, 4) is 0 Å². The number of nitrogens with zero attached hydrogens (tertiary/aromatic N) is 3. The molecule has 2 aliphatic heterocycles. The monoisotopic (exact) mass is 486 g/mol. The lowest BCUT2D eigenvalue weighted by Crippen LogP contribution is -2.53. The summed E-state index contributed by atoms with van der Waals surface area (Å²) in [5.41, 5.74) is 1.76. The number of anilines is 1. The second kappa shape index (κ2) is 10.5. The standard InChI is InChI=1S/C24H30N4O5S/c1-19-4-2-3-5-22(19)25-34(31,32)21-8-6-20(7-9-21)24(30)28-12-10-27(11-13-28)23(29)18-26-14-16-33-17-15-26/h2-9,25H,10-18H2,1H3. The van der Waals surface area contributed by atoms with Crippen LogP contribution in [0.3, 0.4) is 0 Å². The summed E-state index contributed by atoms with van der Waals surface area (Å²) in [5.74, 6) is -0.0965. The van der Waals surface area contributed by atoms with Crippen LogP contribution in [0, 0.1) is 6.92 Å². The van der Waals surface area contributed by atoms with E-state index in [2.05, 4.69) is 9.62 Å². The van der Waals surface area contributed by atoms with Crippen LogP contribution in [0.1, 0.15) is 15.9 Å². The van der Waals surface area contributed by atoms with E-state index in [1.54, 1.807) is 21.9 Å². The van der Waals surface area contributed by atoms with E-state index >= 15 is 0 Å². The maximum atomic E-state index is 12.9. The number of rotatable bonds is 6. The predicted octanol–water partition coefficient (Wildman–Crippen LogP) is 1.41. The minimum absolute atomic E-state index is 0.0738. The number of para-hydroxylation sites is 1. The Morgan fingerprint density at radius 1 is 0.882 bits per heavy atom. The van der Waals surface area contributed by atoms with Crippen LogP contribution in [0.4, 0.5) is 5.69 Å². The van der Waals surface area contributed by atoms with Gasteiger partial charge in [-0.2, -0.15) is 0 Å². The third-order valence-corrected chi connectivity index (χ3v) is 7.56. The molecule has 0 spiro atoms. The van der Waals surface area contributed by atoms with Crippen LogP contribution in [-0.2, 0) is 19.6 Å². The highest BCUT2D eigenvalue weighted by Gasteiger charge is 2.26. The zero-order chi connectivity index (χ0) is 24.1. The zero-order valence-electron chi connectivity index (χ0n) is 19.3. The summed E-state index contributed by atoms with van der Waals surface area (Å²) < 4.78 is 33.4. The van der Waals surface area contributed by atoms with E-state index < -0.39 is 10.0 Å². The molecular weight excluding hydrogens is 456 g/mol. The first-order valence-corrected chi connectivity index (χ1v) is 12.9. The van der Waals surface area contributed by atoms with Gasteiger partial charge in [0.05, 0.1) is 30.3 Å². The number of hydrogen-bond donors (Lipinski definition) is 1. The quantitative estimate of drug-likeness (QED) is 0.663. The maximum Gasteiger partial charge on any atom is 0.261 e. The van der Waals surface area contributed by atoms with Gasteiger partial charge in [0.2, 0.25) is 5.91 Å². The van der Waals surface area contributed by atoms with Gasteiger partial charge in [0.25, 0.3) is 15.9 Å². The van der Waals surface area contributed by atoms with Crippen molar-refractivity contribution in [2.24, 2.45) is 0 Å². The Morgan fingerprint density at radius 2 is 1.50 bits per heavy atom. The maximum absolute atomic E-state index is 12.9. The predicted molar refractivity (Wildman–Crippen MR) is 128 cm³/mol. The molecule has 0 bridgehead atoms. The lowest BCUT2D eigenvalue weighted by molar-refractivity contribution is -0.134. The van der Waals surface area contributed by atoms with E-state index in [1.807, 2.05) is 19.1 Å². The molecule has 2 aromatic carbocycles. The second-order valence-corrected chi connectivity index (χ2v) is 10.2. The van der Waals surface area contributed by atoms with Gasteiger partial charge in [-0.15, -0.1) is 0 Å². The van der Waals surface area contributed by atoms with Gasteiger partial charge in [0.15, 0.2) is 0 Å². The molecule has 10 heteroatoms. The van der Waals surface area contributed by atoms with Gasteiger partial charge in [-0.3, -0.25) is 19.2 Å². The fourth-order valence-corrected chi connectivity index (χ4v) is 5.19. The highest BCUT2D eigenvalue weighted by atomic mass is 32.2. The molecular formula is C24H30N4O5S. The molecule has 0 unspecified atom stereocenters. The first-order chi connectivity index (χ1) is 16.3. The van der Waals surface area contributed by atoms with Crippen molar-refractivity contribution in [2.45, 2.75) is 11.8 Å². The topological polar surface area (TPSA) is 99.3 Å². The van der Waals surface area contributed by atoms with Crippen LogP contribution in [0.25, 0.3) is 0 Å². The van der Waals surface area contributed by atoms with Gasteiger partial charge in [0.1, 0.15) is 0 Å². The summed E-state index contributed by atoms with van der Waals surface area (Å²) in [4.78, 5) is 31.2. The fourth-order valence-electron chi connectivity index (χ4n) is 4.06. The smallest absolute Gasteiger partial charge is 0.261 e. The minimum Gasteiger partial charge on any atom is -0.379 e. The molecule has 0 saturated carbocycles. The van der Waals surface area contributed by atoms with E-state index in [4.69, 9.17) is 4.74 Å². The lowest BCUT2D eigenvalue weighted by Gasteiger charge is -2.36. The molecule has 9 nitrogen and oxygen atoms in total. The number of nitrogens with one attached hydrogen (secondary N) is 1. The number of hydrogen-bond acceptors (Lipinski definition) is 6. The van der Waals surface area contributed by atoms with Crippen molar-refractivity contribution in [1.82, 2.24) is 14.7 Å². The fraction of sp³-hybridized carbons (Fsp3) is 0.417. The average molecular weight is 487 g/mol. The summed E-state index contributed by atoms with van der Waals surface area (Å²) in [7, 11) is -3.76. The van der Waals surface area contributed by atoms with E-state index in [1.165, 1.54) is 24.3 Å². The van der Waals surface area contributed by atoms with Gasteiger partial charge in [0, 0.05) is 44.8 Å². The van der Waals surface area contributed by atoms with Crippen molar-refractivity contribution < 1.29 is 22.7 Å². The van der Waals surface area contributed by atoms with Gasteiger partial charge in [-0.05, 0) is 42.8 Å². The number of benzene rings is 2. The summed E-state index contributed by atoms with van der Waals surface area (Å²) >= 11 is 0. The molecule has 34 heavy (non-hydrogen) atoms. The van der Waals surface area contributed by atoms with Crippen molar-refractivity contribution in [3.05, 3.63) is 59.7 Å². The Balaban J connectivity index is 1.32. The summed E-state index contributed by atoms with van der Waals surface area (Å²) in [6.45, 7) is 6.90. The van der Waals surface area contributed by atoms with E-state index in [-0.39, 0.29) is 16.7 Å². The average Bonchev–Trinajstić information content (AvgIpc) is 2.86. The van der Waals surface area contributed by atoms with Gasteiger partial charge in [-0.1, -0.05) is 18.2 Å². The largest absolute Gasteiger partial charge is 0.379 e. The number of sulfonamides is 1. The number of morpholine rings is 1. The Labute approximate surface area is 200 Å². The molecule has 2 aliphatic rings. The first kappa shape index (κ1) is 24.2. The van der Waals surface area contributed by atoms with Crippen LogP contribution in [0.5, 0.6) is 0 Å². The molecule has 182 valence electrons. The zero-order valence-corrected chi connectivity index (χ0v) is 20.1. The van der Waals surface area contributed by atoms with E-state index in [9.17, 15) is 18.0 Å². The molecule has 0 atom stereocenters. The molecule has 2 heterocycles. The van der Waals surface area contributed by atoms with E-state index in [0.29, 0.717) is 57.2 Å². The molecule has 0 aliphatic carbocycles. The number of carbonyl (C=O) groups excluding carboxylic acids is 2. The molecule has 1 N–H and O–H groups in total. The summed E-state index contributed by atoms with van der Waals surface area (Å²) in [6, 6.07) is 13.1. The van der Waals surface area contributed by atoms with Crippen molar-refractivity contribution in [2.75, 3.05) is 63.7 Å². The second-order valence-electron chi connectivity index (χ2n) is 8.51. The molecule has 2 amide bonds. The van der Waals surface area contributed by atoms with Crippen LogP contribution >= 0.6 is 0 Å². The highest BCUT2D eigenvalue weighted by molar-refractivity contribution is 7.92. The number of piperazine rings is 1. The van der Waals surface area contributed by atoms with Gasteiger partial charge in [-0.25, -0.2) is 8.42 Å². The lowest BCUT2D eigenvalue weighted by atomic mass is 10.2. The summed E-state index contributed by atoms with van der Waals surface area (Å²) in [6.07, 6.45) is 0. The Bertz CT molecular complexity index is 1120. The van der Waals surface area contributed by atoms with Crippen molar-refractivity contribution in [3.63, 3.8) is 0 Å². The third-order valence-electron chi connectivity index (χ3n) is 6.18. The van der Waals surface area contributed by atoms with E-state index in [0.717, 1.165) is 18.7 Å². The van der Waals surface area contributed by atoms with Crippen LogP contribution in [0.15, 0.2) is 53.4 Å².